The van der Waals surface area contributed by atoms with Crippen molar-refractivity contribution >= 4 is 11.6 Å². The molecule has 0 amide bonds. The molecule has 1 saturated heterocycles. The monoisotopic (exact) mass is 346 g/mol. The fourth-order valence-corrected chi connectivity index (χ4v) is 3.02. The Labute approximate surface area is 152 Å². The fourth-order valence-electron chi connectivity index (χ4n) is 3.02. The zero-order valence-electron chi connectivity index (χ0n) is 16.2. The Morgan fingerprint density at radius 1 is 1.20 bits per heavy atom. The number of aliphatic hydroxyl groups excluding tert-OH is 1. The minimum Gasteiger partial charge on any atom is -0.396 e. The number of aliphatic hydroxyl groups is 1. The summed E-state index contributed by atoms with van der Waals surface area (Å²) in [5.41, 5.74) is 2.47. The lowest BCUT2D eigenvalue weighted by atomic mass is 9.97. The number of hydrogen-bond acceptors (Lipinski definition) is 3. The first-order valence-electron chi connectivity index (χ1n) is 9.42. The highest BCUT2D eigenvalue weighted by molar-refractivity contribution is 5.80. The van der Waals surface area contributed by atoms with E-state index in [9.17, 15) is 5.11 Å². The van der Waals surface area contributed by atoms with Crippen LogP contribution in [0.5, 0.6) is 0 Å². The van der Waals surface area contributed by atoms with E-state index in [1.165, 1.54) is 11.3 Å². The van der Waals surface area contributed by atoms with Crippen LogP contribution in [0.15, 0.2) is 29.3 Å². The van der Waals surface area contributed by atoms with Gasteiger partial charge in [-0.1, -0.05) is 12.1 Å². The van der Waals surface area contributed by atoms with E-state index in [1.807, 2.05) is 0 Å². The topological polar surface area (TPSA) is 59.9 Å². The van der Waals surface area contributed by atoms with Crippen LogP contribution in [0.25, 0.3) is 0 Å². The second-order valence-electron chi connectivity index (χ2n) is 7.85. The minimum atomic E-state index is -0.00838. The highest BCUT2D eigenvalue weighted by atomic mass is 16.3. The molecule has 1 fully saturated rings. The number of benzene rings is 1. The predicted molar refractivity (Wildman–Crippen MR) is 106 cm³/mol. The zero-order chi connectivity index (χ0) is 18.3. The largest absolute Gasteiger partial charge is 0.396 e. The lowest BCUT2D eigenvalue weighted by Gasteiger charge is -2.32. The molecule has 3 N–H and O–H groups in total. The molecule has 1 heterocycles. The third kappa shape index (κ3) is 6.58. The summed E-state index contributed by atoms with van der Waals surface area (Å²) in [6.07, 6.45) is 2.15. The number of nitrogens with one attached hydrogen (secondary N) is 2. The van der Waals surface area contributed by atoms with Gasteiger partial charge in [0.25, 0.3) is 0 Å². The van der Waals surface area contributed by atoms with Gasteiger partial charge in [0, 0.05) is 37.5 Å². The number of rotatable bonds is 5. The molecule has 25 heavy (non-hydrogen) atoms. The SMILES string of the molecule is CCNC(=NCc1ccc(N2CCC(CO)CC2)cc1)NC(C)(C)C. The van der Waals surface area contributed by atoms with Crippen LogP contribution in [0.3, 0.4) is 0 Å². The number of aliphatic imine (C=N–C) groups is 1. The Kier molecular flexibility index (Phi) is 7.12. The molecular weight excluding hydrogens is 312 g/mol. The molecule has 0 atom stereocenters. The van der Waals surface area contributed by atoms with Crippen molar-refractivity contribution in [1.29, 1.82) is 0 Å². The Bertz CT molecular complexity index is 540. The van der Waals surface area contributed by atoms with Gasteiger partial charge in [-0.3, -0.25) is 0 Å². The Morgan fingerprint density at radius 2 is 1.84 bits per heavy atom. The number of nitrogens with zero attached hydrogens (tertiary/aromatic N) is 2. The van der Waals surface area contributed by atoms with Gasteiger partial charge in [0.1, 0.15) is 0 Å². The molecule has 0 aliphatic carbocycles. The summed E-state index contributed by atoms with van der Waals surface area (Å²) in [7, 11) is 0. The Morgan fingerprint density at radius 3 is 2.36 bits per heavy atom. The standard InChI is InChI=1S/C20H34N4O/c1-5-21-19(23-20(2,3)4)22-14-16-6-8-18(9-7-16)24-12-10-17(15-25)11-13-24/h6-9,17,25H,5,10-15H2,1-4H3,(H2,21,22,23). The van der Waals surface area contributed by atoms with E-state index in [0.717, 1.165) is 38.4 Å². The van der Waals surface area contributed by atoms with Gasteiger partial charge in [-0.05, 0) is 64.2 Å². The van der Waals surface area contributed by atoms with Crippen LogP contribution in [-0.4, -0.2) is 42.8 Å². The molecule has 0 radical (unpaired) electrons. The predicted octanol–water partition coefficient (Wildman–Crippen LogP) is 2.75. The summed E-state index contributed by atoms with van der Waals surface area (Å²) < 4.78 is 0. The van der Waals surface area contributed by atoms with Crippen molar-refractivity contribution in [1.82, 2.24) is 10.6 Å². The number of guanidine groups is 1. The number of piperidine rings is 1. The maximum Gasteiger partial charge on any atom is 0.191 e. The number of hydrogen-bond donors (Lipinski definition) is 3. The molecule has 5 heteroatoms. The van der Waals surface area contributed by atoms with Crippen LogP contribution in [0, 0.1) is 5.92 Å². The lowest BCUT2D eigenvalue weighted by molar-refractivity contribution is 0.203. The molecule has 1 aliphatic heterocycles. The maximum absolute atomic E-state index is 9.26. The third-order valence-electron chi connectivity index (χ3n) is 4.43. The maximum atomic E-state index is 9.26. The van der Waals surface area contributed by atoms with E-state index in [0.29, 0.717) is 19.1 Å². The Hall–Kier alpha value is -1.75. The fraction of sp³-hybridized carbons (Fsp3) is 0.650. The molecule has 0 bridgehead atoms. The van der Waals surface area contributed by atoms with Crippen LogP contribution < -0.4 is 15.5 Å². The number of anilines is 1. The quantitative estimate of drug-likeness (QED) is 0.567. The minimum absolute atomic E-state index is 0.00838. The van der Waals surface area contributed by atoms with Gasteiger partial charge in [0.05, 0.1) is 6.54 Å². The highest BCUT2D eigenvalue weighted by Crippen LogP contribution is 2.23. The van der Waals surface area contributed by atoms with Crippen molar-refractivity contribution < 1.29 is 5.11 Å². The van der Waals surface area contributed by atoms with Crippen molar-refractivity contribution in [2.45, 2.75) is 52.6 Å². The van der Waals surface area contributed by atoms with Crippen molar-refractivity contribution in [3.8, 4) is 0 Å². The molecule has 0 spiro atoms. The summed E-state index contributed by atoms with van der Waals surface area (Å²) in [4.78, 5) is 7.09. The average molecular weight is 347 g/mol. The van der Waals surface area contributed by atoms with Crippen molar-refractivity contribution in [3.63, 3.8) is 0 Å². The van der Waals surface area contributed by atoms with E-state index in [1.54, 1.807) is 0 Å². The van der Waals surface area contributed by atoms with E-state index in [4.69, 9.17) is 0 Å². The van der Waals surface area contributed by atoms with Gasteiger partial charge in [-0.25, -0.2) is 4.99 Å². The zero-order valence-corrected chi connectivity index (χ0v) is 16.2. The second kappa shape index (κ2) is 9.09. The first-order valence-corrected chi connectivity index (χ1v) is 9.42. The van der Waals surface area contributed by atoms with Crippen molar-refractivity contribution in [3.05, 3.63) is 29.8 Å². The molecule has 0 aromatic heterocycles. The van der Waals surface area contributed by atoms with E-state index in [-0.39, 0.29) is 5.54 Å². The van der Waals surface area contributed by atoms with E-state index >= 15 is 0 Å². The third-order valence-corrected chi connectivity index (χ3v) is 4.43. The average Bonchev–Trinajstić information content (AvgIpc) is 2.59. The molecule has 1 aliphatic rings. The van der Waals surface area contributed by atoms with Gasteiger partial charge in [0.15, 0.2) is 5.96 Å². The smallest absolute Gasteiger partial charge is 0.191 e. The van der Waals surface area contributed by atoms with Crippen LogP contribution in [0.1, 0.15) is 46.1 Å². The molecule has 140 valence electrons. The van der Waals surface area contributed by atoms with E-state index < -0.39 is 0 Å². The van der Waals surface area contributed by atoms with Crippen molar-refractivity contribution in [2.24, 2.45) is 10.9 Å². The van der Waals surface area contributed by atoms with Crippen LogP contribution in [0.4, 0.5) is 5.69 Å². The molecule has 2 rings (SSSR count). The Balaban J connectivity index is 1.94. The molecular formula is C20H34N4O. The molecule has 1 aromatic rings. The van der Waals surface area contributed by atoms with Crippen LogP contribution >= 0.6 is 0 Å². The molecule has 0 saturated carbocycles. The van der Waals surface area contributed by atoms with E-state index in [2.05, 4.69) is 72.5 Å². The summed E-state index contributed by atoms with van der Waals surface area (Å²) in [5, 5.41) is 16.0. The molecule has 0 unspecified atom stereocenters. The normalized spacial score (nSPS) is 16.8. The second-order valence-corrected chi connectivity index (χ2v) is 7.85. The summed E-state index contributed by atoms with van der Waals surface area (Å²) in [6.45, 7) is 12.4. The summed E-state index contributed by atoms with van der Waals surface area (Å²) in [5.74, 6) is 1.33. The van der Waals surface area contributed by atoms with Gasteiger partial charge in [-0.2, -0.15) is 0 Å². The van der Waals surface area contributed by atoms with Gasteiger partial charge in [-0.15, -0.1) is 0 Å². The summed E-state index contributed by atoms with van der Waals surface area (Å²) in [6, 6.07) is 8.71. The molecule has 5 nitrogen and oxygen atoms in total. The van der Waals surface area contributed by atoms with Crippen LogP contribution in [-0.2, 0) is 6.54 Å². The first kappa shape index (κ1) is 19.6. The van der Waals surface area contributed by atoms with Gasteiger partial charge >= 0.3 is 0 Å². The lowest BCUT2D eigenvalue weighted by Crippen LogP contribution is -2.47. The van der Waals surface area contributed by atoms with Gasteiger partial charge < -0.3 is 20.6 Å². The van der Waals surface area contributed by atoms with Gasteiger partial charge in [0.2, 0.25) is 0 Å². The first-order chi connectivity index (χ1) is 11.9. The molecule has 1 aromatic carbocycles. The van der Waals surface area contributed by atoms with Crippen molar-refractivity contribution in [2.75, 3.05) is 31.1 Å². The van der Waals surface area contributed by atoms with Crippen LogP contribution in [0.2, 0.25) is 0 Å². The highest BCUT2D eigenvalue weighted by Gasteiger charge is 2.18. The summed E-state index contributed by atoms with van der Waals surface area (Å²) >= 11 is 0.